The lowest BCUT2D eigenvalue weighted by molar-refractivity contribution is -0.139. The van der Waals surface area contributed by atoms with E-state index < -0.39 is 11.8 Å². The lowest BCUT2D eigenvalue weighted by atomic mass is 9.90. The van der Waals surface area contributed by atoms with Gasteiger partial charge in [-0.15, -0.1) is 0 Å². The molecule has 3 rings (SSSR count). The SMILES string of the molecule is O=C(NN=C1CCCc2ccccc21)C(=O)NC1CC1. The van der Waals surface area contributed by atoms with Crippen molar-refractivity contribution in [1.29, 1.82) is 0 Å². The highest BCUT2D eigenvalue weighted by Crippen LogP contribution is 2.21. The van der Waals surface area contributed by atoms with Gasteiger partial charge in [0.15, 0.2) is 0 Å². The molecule has 2 aliphatic rings. The number of carbonyl (C=O) groups is 2. The summed E-state index contributed by atoms with van der Waals surface area (Å²) in [7, 11) is 0. The van der Waals surface area contributed by atoms with E-state index in [9.17, 15) is 9.59 Å². The van der Waals surface area contributed by atoms with Crippen molar-refractivity contribution in [1.82, 2.24) is 10.7 Å². The van der Waals surface area contributed by atoms with Gasteiger partial charge < -0.3 is 5.32 Å². The number of carbonyl (C=O) groups excluding carboxylic acids is 2. The molecule has 0 aliphatic heterocycles. The van der Waals surface area contributed by atoms with Gasteiger partial charge in [0.05, 0.1) is 5.71 Å². The third kappa shape index (κ3) is 2.87. The summed E-state index contributed by atoms with van der Waals surface area (Å²) in [4.78, 5) is 23.2. The van der Waals surface area contributed by atoms with E-state index in [1.54, 1.807) is 0 Å². The number of benzene rings is 1. The summed E-state index contributed by atoms with van der Waals surface area (Å²) in [5.74, 6) is -1.28. The Balaban J connectivity index is 1.67. The summed E-state index contributed by atoms with van der Waals surface area (Å²) in [6, 6.07) is 8.22. The van der Waals surface area contributed by atoms with Gasteiger partial charge in [-0.2, -0.15) is 5.10 Å². The number of amides is 2. The first-order valence-electron chi connectivity index (χ1n) is 7.00. The van der Waals surface area contributed by atoms with Crippen LogP contribution in [0.5, 0.6) is 0 Å². The Hall–Kier alpha value is -2.17. The van der Waals surface area contributed by atoms with E-state index in [2.05, 4.69) is 21.9 Å². The molecular weight excluding hydrogens is 254 g/mol. The van der Waals surface area contributed by atoms with E-state index >= 15 is 0 Å². The Labute approximate surface area is 117 Å². The quantitative estimate of drug-likeness (QED) is 0.625. The summed E-state index contributed by atoms with van der Waals surface area (Å²) >= 11 is 0. The maximum absolute atomic E-state index is 11.6. The van der Waals surface area contributed by atoms with Gasteiger partial charge in [-0.05, 0) is 37.7 Å². The van der Waals surface area contributed by atoms with Crippen LogP contribution in [0.3, 0.4) is 0 Å². The van der Waals surface area contributed by atoms with Crippen LogP contribution in [-0.2, 0) is 16.0 Å². The number of hydrogen-bond donors (Lipinski definition) is 2. The van der Waals surface area contributed by atoms with Gasteiger partial charge in [0, 0.05) is 11.6 Å². The molecule has 1 aromatic carbocycles. The van der Waals surface area contributed by atoms with E-state index in [0.29, 0.717) is 0 Å². The molecular formula is C15H17N3O2. The first-order chi connectivity index (χ1) is 9.74. The second kappa shape index (κ2) is 5.45. The molecule has 2 aliphatic carbocycles. The number of hydrogen-bond acceptors (Lipinski definition) is 3. The van der Waals surface area contributed by atoms with Gasteiger partial charge in [-0.25, -0.2) is 5.43 Å². The van der Waals surface area contributed by atoms with Crippen molar-refractivity contribution in [3.8, 4) is 0 Å². The van der Waals surface area contributed by atoms with Crippen molar-refractivity contribution in [2.24, 2.45) is 5.10 Å². The second-order valence-electron chi connectivity index (χ2n) is 5.26. The van der Waals surface area contributed by atoms with Crippen LogP contribution in [0.25, 0.3) is 0 Å². The van der Waals surface area contributed by atoms with Gasteiger partial charge in [0.2, 0.25) is 0 Å². The maximum Gasteiger partial charge on any atom is 0.329 e. The highest BCUT2D eigenvalue weighted by atomic mass is 16.2. The average Bonchev–Trinajstić information content (AvgIpc) is 3.28. The third-order valence-electron chi connectivity index (χ3n) is 3.60. The molecule has 0 heterocycles. The summed E-state index contributed by atoms with van der Waals surface area (Å²) in [6.07, 6.45) is 4.79. The van der Waals surface area contributed by atoms with Crippen molar-refractivity contribution in [3.05, 3.63) is 35.4 Å². The second-order valence-corrected chi connectivity index (χ2v) is 5.26. The van der Waals surface area contributed by atoms with Crippen molar-refractivity contribution in [2.45, 2.75) is 38.1 Å². The maximum atomic E-state index is 11.6. The van der Waals surface area contributed by atoms with E-state index in [1.807, 2.05) is 18.2 Å². The largest absolute Gasteiger partial charge is 0.345 e. The molecule has 0 unspecified atom stereocenters. The molecule has 2 N–H and O–H groups in total. The third-order valence-corrected chi connectivity index (χ3v) is 3.60. The van der Waals surface area contributed by atoms with Crippen LogP contribution < -0.4 is 10.7 Å². The van der Waals surface area contributed by atoms with E-state index in [-0.39, 0.29) is 6.04 Å². The predicted octanol–water partition coefficient (Wildman–Crippen LogP) is 1.12. The molecule has 5 heteroatoms. The Bertz CT molecular complexity index is 576. The molecule has 0 radical (unpaired) electrons. The standard InChI is InChI=1S/C15H17N3O2/c19-14(16-11-8-9-11)15(20)18-17-13-7-3-5-10-4-1-2-6-12(10)13/h1-2,4,6,11H,3,5,7-9H2,(H,16,19)(H,18,20). The molecule has 0 atom stereocenters. The number of hydrazone groups is 1. The zero-order valence-corrected chi connectivity index (χ0v) is 11.2. The number of nitrogens with one attached hydrogen (secondary N) is 2. The van der Waals surface area contributed by atoms with E-state index in [0.717, 1.165) is 43.4 Å². The minimum absolute atomic E-state index is 0.177. The minimum atomic E-state index is -0.688. The number of fused-ring (bicyclic) bond motifs is 1. The van der Waals surface area contributed by atoms with Crippen LogP contribution in [0.2, 0.25) is 0 Å². The molecule has 5 nitrogen and oxygen atoms in total. The fourth-order valence-electron chi connectivity index (χ4n) is 2.36. The lowest BCUT2D eigenvalue weighted by Crippen LogP contribution is -2.39. The molecule has 0 spiro atoms. The first kappa shape index (κ1) is 12.8. The summed E-state index contributed by atoms with van der Waals surface area (Å²) in [6.45, 7) is 0. The summed E-state index contributed by atoms with van der Waals surface area (Å²) in [5.41, 5.74) is 5.53. The van der Waals surface area contributed by atoms with Crippen LogP contribution in [0.1, 0.15) is 36.8 Å². The molecule has 0 aromatic heterocycles. The van der Waals surface area contributed by atoms with Crippen LogP contribution in [-0.4, -0.2) is 23.6 Å². The molecule has 0 saturated heterocycles. The number of nitrogens with zero attached hydrogens (tertiary/aromatic N) is 1. The molecule has 1 fully saturated rings. The van der Waals surface area contributed by atoms with E-state index in [1.165, 1.54) is 5.56 Å². The summed E-state index contributed by atoms with van der Waals surface area (Å²) in [5, 5.41) is 6.77. The zero-order chi connectivity index (χ0) is 13.9. The number of rotatable bonds is 2. The Kier molecular flexibility index (Phi) is 3.50. The molecule has 104 valence electrons. The van der Waals surface area contributed by atoms with Gasteiger partial charge >= 0.3 is 11.8 Å². The average molecular weight is 271 g/mol. The van der Waals surface area contributed by atoms with Crippen LogP contribution in [0, 0.1) is 0 Å². The monoisotopic (exact) mass is 271 g/mol. The molecule has 20 heavy (non-hydrogen) atoms. The smallest absolute Gasteiger partial charge is 0.329 e. The highest BCUT2D eigenvalue weighted by molar-refractivity contribution is 6.35. The van der Waals surface area contributed by atoms with Crippen molar-refractivity contribution in [3.63, 3.8) is 0 Å². The Morgan fingerprint density at radius 2 is 1.90 bits per heavy atom. The van der Waals surface area contributed by atoms with Crippen LogP contribution in [0.15, 0.2) is 29.4 Å². The molecule has 0 bridgehead atoms. The Morgan fingerprint density at radius 1 is 1.10 bits per heavy atom. The molecule has 1 saturated carbocycles. The summed E-state index contributed by atoms with van der Waals surface area (Å²) < 4.78 is 0. The molecule has 2 amide bonds. The van der Waals surface area contributed by atoms with Crippen molar-refractivity contribution >= 4 is 17.5 Å². The Morgan fingerprint density at radius 3 is 2.70 bits per heavy atom. The topological polar surface area (TPSA) is 70.6 Å². The fraction of sp³-hybridized carbons (Fsp3) is 0.400. The van der Waals surface area contributed by atoms with Gasteiger partial charge in [-0.1, -0.05) is 24.3 Å². The lowest BCUT2D eigenvalue weighted by Gasteiger charge is -2.17. The van der Waals surface area contributed by atoms with Crippen LogP contribution in [0.4, 0.5) is 0 Å². The molecule has 1 aromatic rings. The fourth-order valence-corrected chi connectivity index (χ4v) is 2.36. The van der Waals surface area contributed by atoms with Crippen LogP contribution >= 0.6 is 0 Å². The van der Waals surface area contributed by atoms with Gasteiger partial charge in [-0.3, -0.25) is 9.59 Å². The predicted molar refractivity (Wildman–Crippen MR) is 75.2 cm³/mol. The first-order valence-corrected chi connectivity index (χ1v) is 7.00. The zero-order valence-electron chi connectivity index (χ0n) is 11.2. The van der Waals surface area contributed by atoms with E-state index in [4.69, 9.17) is 0 Å². The van der Waals surface area contributed by atoms with Crippen molar-refractivity contribution < 1.29 is 9.59 Å². The number of aryl methyl sites for hydroxylation is 1. The van der Waals surface area contributed by atoms with Gasteiger partial charge in [0.1, 0.15) is 0 Å². The minimum Gasteiger partial charge on any atom is -0.345 e. The normalized spacial score (nSPS) is 19.3. The van der Waals surface area contributed by atoms with Crippen molar-refractivity contribution in [2.75, 3.05) is 0 Å². The van der Waals surface area contributed by atoms with Gasteiger partial charge in [0.25, 0.3) is 0 Å². The highest BCUT2D eigenvalue weighted by Gasteiger charge is 2.26.